The van der Waals surface area contributed by atoms with E-state index in [1.807, 2.05) is 24.3 Å². The number of halogens is 1. The van der Waals surface area contributed by atoms with Gasteiger partial charge in [-0.15, -0.1) is 11.3 Å². The molecule has 0 N–H and O–H groups in total. The highest BCUT2D eigenvalue weighted by atomic mass is 35.5. The van der Waals surface area contributed by atoms with Crippen LogP contribution >= 0.6 is 22.9 Å². The third kappa shape index (κ3) is 3.75. The van der Waals surface area contributed by atoms with Gasteiger partial charge in [0, 0.05) is 38.3 Å². The maximum atomic E-state index is 12.6. The number of hydrogen-bond donors (Lipinski definition) is 0. The number of rotatable bonds is 5. The van der Waals surface area contributed by atoms with Crippen molar-refractivity contribution < 1.29 is 13.2 Å². The van der Waals surface area contributed by atoms with Gasteiger partial charge in [-0.1, -0.05) is 29.8 Å². The normalized spacial score (nSPS) is 17.1. The van der Waals surface area contributed by atoms with Gasteiger partial charge in [0.05, 0.1) is 11.4 Å². The maximum Gasteiger partial charge on any atom is 0.252 e. The molecule has 0 radical (unpaired) electrons. The van der Waals surface area contributed by atoms with E-state index in [9.17, 15) is 8.42 Å². The van der Waals surface area contributed by atoms with Crippen molar-refractivity contribution in [3.63, 3.8) is 0 Å². The molecule has 1 aromatic heterocycles. The van der Waals surface area contributed by atoms with Crippen LogP contribution in [0, 0.1) is 0 Å². The van der Waals surface area contributed by atoms with Crippen LogP contribution < -0.4 is 4.74 Å². The van der Waals surface area contributed by atoms with Crippen molar-refractivity contribution in [3.8, 4) is 5.75 Å². The molecule has 0 unspecified atom stereocenters. The topological polar surface area (TPSA) is 49.9 Å². The number of nitrogens with zero attached hydrogens (tertiary/aromatic N) is 2. The van der Waals surface area contributed by atoms with E-state index < -0.39 is 10.0 Å². The van der Waals surface area contributed by atoms with Crippen molar-refractivity contribution in [1.29, 1.82) is 0 Å². The summed E-state index contributed by atoms with van der Waals surface area (Å²) in [5, 5.41) is 0. The van der Waals surface area contributed by atoms with Crippen LogP contribution in [-0.4, -0.2) is 50.9 Å². The molecule has 1 aliphatic rings. The van der Waals surface area contributed by atoms with Gasteiger partial charge in [0.25, 0.3) is 10.0 Å². The second-order valence-corrected chi connectivity index (χ2v) is 9.43. The first-order valence-corrected chi connectivity index (χ1v) is 10.2. The van der Waals surface area contributed by atoms with E-state index in [1.165, 1.54) is 4.31 Å². The molecule has 130 valence electrons. The number of benzene rings is 1. The summed E-state index contributed by atoms with van der Waals surface area (Å²) >= 11 is 6.97. The number of thiophene rings is 1. The van der Waals surface area contributed by atoms with Crippen molar-refractivity contribution >= 4 is 33.0 Å². The summed E-state index contributed by atoms with van der Waals surface area (Å²) in [6.07, 6.45) is 0. The van der Waals surface area contributed by atoms with E-state index in [-0.39, 0.29) is 0 Å². The van der Waals surface area contributed by atoms with Crippen LogP contribution in [0.4, 0.5) is 0 Å². The monoisotopic (exact) mass is 386 g/mol. The van der Waals surface area contributed by atoms with Crippen LogP contribution in [0.5, 0.6) is 5.75 Å². The van der Waals surface area contributed by atoms with Crippen LogP contribution in [0.3, 0.4) is 0 Å². The molecular formula is C16H19ClN2O3S2. The van der Waals surface area contributed by atoms with Gasteiger partial charge >= 0.3 is 0 Å². The Labute approximate surface area is 151 Å². The molecule has 0 amide bonds. The SMILES string of the molecule is COc1ccccc1CN1CCN(S(=O)(=O)c2ccc(Cl)s2)CC1. The molecular weight excluding hydrogens is 368 g/mol. The molecule has 0 spiro atoms. The van der Waals surface area contributed by atoms with Gasteiger partial charge in [0.1, 0.15) is 9.96 Å². The molecule has 8 heteroatoms. The fraction of sp³-hybridized carbons (Fsp3) is 0.375. The maximum absolute atomic E-state index is 12.6. The molecule has 0 saturated carbocycles. The number of para-hydroxylation sites is 1. The van der Waals surface area contributed by atoms with Crippen molar-refractivity contribution in [2.24, 2.45) is 0 Å². The standard InChI is InChI=1S/C16H19ClN2O3S2/c1-22-14-5-3-2-4-13(14)12-18-8-10-19(11-9-18)24(20,21)16-7-6-15(17)23-16/h2-7H,8-12H2,1H3. The van der Waals surface area contributed by atoms with Crippen LogP contribution in [0.25, 0.3) is 0 Å². The average molecular weight is 387 g/mol. The molecule has 0 bridgehead atoms. The lowest BCUT2D eigenvalue weighted by Gasteiger charge is -2.33. The van der Waals surface area contributed by atoms with E-state index in [0.29, 0.717) is 34.7 Å². The van der Waals surface area contributed by atoms with Gasteiger partial charge in [0.2, 0.25) is 0 Å². The molecule has 3 rings (SSSR count). The Balaban J connectivity index is 1.64. The van der Waals surface area contributed by atoms with E-state index in [2.05, 4.69) is 4.90 Å². The van der Waals surface area contributed by atoms with Crippen molar-refractivity contribution in [2.75, 3.05) is 33.3 Å². The van der Waals surface area contributed by atoms with Crippen LogP contribution in [0.2, 0.25) is 4.34 Å². The van der Waals surface area contributed by atoms with E-state index >= 15 is 0 Å². The summed E-state index contributed by atoms with van der Waals surface area (Å²) < 4.78 is 32.9. The van der Waals surface area contributed by atoms with Crippen LogP contribution in [-0.2, 0) is 16.6 Å². The lowest BCUT2D eigenvalue weighted by molar-refractivity contribution is 0.180. The summed E-state index contributed by atoms with van der Waals surface area (Å²) in [5.74, 6) is 0.862. The second kappa shape index (κ2) is 7.41. The molecule has 1 aliphatic heterocycles. The third-order valence-electron chi connectivity index (χ3n) is 4.06. The van der Waals surface area contributed by atoms with E-state index in [4.69, 9.17) is 16.3 Å². The zero-order chi connectivity index (χ0) is 17.2. The van der Waals surface area contributed by atoms with Gasteiger partial charge in [0.15, 0.2) is 0 Å². The Morgan fingerprint density at radius 3 is 2.46 bits per heavy atom. The summed E-state index contributed by atoms with van der Waals surface area (Å²) in [7, 11) is -1.77. The Hall–Kier alpha value is -1.12. The van der Waals surface area contributed by atoms with Gasteiger partial charge in [-0.05, 0) is 18.2 Å². The summed E-state index contributed by atoms with van der Waals surface area (Å²) in [5.41, 5.74) is 1.11. The fourth-order valence-corrected chi connectivity index (χ4v) is 5.83. The molecule has 0 aliphatic carbocycles. The molecule has 2 aromatic rings. The van der Waals surface area contributed by atoms with Gasteiger partial charge in [-0.3, -0.25) is 4.90 Å². The minimum atomic E-state index is -3.43. The van der Waals surface area contributed by atoms with Crippen molar-refractivity contribution in [3.05, 3.63) is 46.3 Å². The van der Waals surface area contributed by atoms with Gasteiger partial charge in [-0.2, -0.15) is 4.31 Å². The second-order valence-electron chi connectivity index (χ2n) is 5.55. The minimum absolute atomic E-state index is 0.311. The first-order chi connectivity index (χ1) is 11.5. The predicted octanol–water partition coefficient (Wildman–Crippen LogP) is 2.92. The van der Waals surface area contributed by atoms with Gasteiger partial charge < -0.3 is 4.74 Å². The quantitative estimate of drug-likeness (QED) is 0.792. The summed E-state index contributed by atoms with van der Waals surface area (Å²) in [6.45, 7) is 3.09. The number of hydrogen-bond acceptors (Lipinski definition) is 5. The number of ether oxygens (including phenoxy) is 1. The molecule has 2 heterocycles. The first-order valence-electron chi connectivity index (χ1n) is 7.60. The molecule has 0 atom stereocenters. The van der Waals surface area contributed by atoms with E-state index in [1.54, 1.807) is 19.2 Å². The lowest BCUT2D eigenvalue weighted by Crippen LogP contribution is -2.48. The average Bonchev–Trinajstić information content (AvgIpc) is 3.03. The van der Waals surface area contributed by atoms with Gasteiger partial charge in [-0.25, -0.2) is 8.42 Å². The smallest absolute Gasteiger partial charge is 0.252 e. The van der Waals surface area contributed by atoms with E-state index in [0.717, 1.165) is 29.2 Å². The third-order valence-corrected chi connectivity index (χ3v) is 7.66. The minimum Gasteiger partial charge on any atom is -0.496 e. The Morgan fingerprint density at radius 1 is 1.12 bits per heavy atom. The first kappa shape index (κ1) is 17.7. The van der Waals surface area contributed by atoms with Crippen molar-refractivity contribution in [1.82, 2.24) is 9.21 Å². The molecule has 1 saturated heterocycles. The number of sulfonamides is 1. The number of piperazine rings is 1. The lowest BCUT2D eigenvalue weighted by atomic mass is 10.2. The fourth-order valence-electron chi connectivity index (χ4n) is 2.77. The Kier molecular flexibility index (Phi) is 5.46. The Bertz CT molecular complexity index is 799. The van der Waals surface area contributed by atoms with Crippen LogP contribution in [0.15, 0.2) is 40.6 Å². The number of methoxy groups -OCH3 is 1. The predicted molar refractivity (Wildman–Crippen MR) is 96.4 cm³/mol. The molecule has 5 nitrogen and oxygen atoms in total. The van der Waals surface area contributed by atoms with Crippen molar-refractivity contribution in [2.45, 2.75) is 10.8 Å². The Morgan fingerprint density at radius 2 is 1.83 bits per heavy atom. The molecule has 1 aromatic carbocycles. The largest absolute Gasteiger partial charge is 0.496 e. The zero-order valence-corrected chi connectivity index (χ0v) is 15.7. The highest BCUT2D eigenvalue weighted by Gasteiger charge is 2.29. The zero-order valence-electron chi connectivity index (χ0n) is 13.3. The van der Waals surface area contributed by atoms with Crippen LogP contribution in [0.1, 0.15) is 5.56 Å². The highest BCUT2D eigenvalue weighted by molar-refractivity contribution is 7.91. The summed E-state index contributed by atoms with van der Waals surface area (Å²) in [4.78, 5) is 2.24. The molecule has 24 heavy (non-hydrogen) atoms. The highest BCUT2D eigenvalue weighted by Crippen LogP contribution is 2.29. The summed E-state index contributed by atoms with van der Waals surface area (Å²) in [6, 6.07) is 11.1. The molecule has 1 fully saturated rings.